The molecule has 0 aromatic carbocycles. The molecule has 0 aliphatic heterocycles. The predicted octanol–water partition coefficient (Wildman–Crippen LogP) is 1.84. The van der Waals surface area contributed by atoms with E-state index in [4.69, 9.17) is 5.41 Å². The van der Waals surface area contributed by atoms with Crippen molar-refractivity contribution in [3.8, 4) is 0 Å². The second kappa shape index (κ2) is 2.27. The summed E-state index contributed by atoms with van der Waals surface area (Å²) in [7, 11) is 0. The fourth-order valence-corrected chi connectivity index (χ4v) is 1.20. The molecule has 0 amide bonds. The van der Waals surface area contributed by atoms with Gasteiger partial charge in [-0.2, -0.15) is 0 Å². The second-order valence-corrected chi connectivity index (χ2v) is 3.14. The topological polar surface area (TPSA) is 36.7 Å². The number of aromatic nitrogens is 1. The summed E-state index contributed by atoms with van der Waals surface area (Å²) in [6, 6.07) is 0. The largest absolute Gasteiger partial charge is 0.302 e. The monoisotopic (exact) mass is 140 g/mol. The molecule has 0 aliphatic carbocycles. The number of aryl methyl sites for hydroxylation is 1. The minimum atomic E-state index is 0.549. The number of hydrogen-bond acceptors (Lipinski definition) is 3. The van der Waals surface area contributed by atoms with Gasteiger partial charge in [0.25, 0.3) is 0 Å². The van der Waals surface area contributed by atoms with Crippen molar-refractivity contribution in [2.45, 2.75) is 13.8 Å². The lowest BCUT2D eigenvalue weighted by molar-refractivity contribution is 1.33. The maximum Gasteiger partial charge on any atom is 0.136 e. The first kappa shape index (κ1) is 6.42. The quantitative estimate of drug-likeness (QED) is 0.594. The molecular formula is C6H8N2S. The highest BCUT2D eigenvalue weighted by Gasteiger charge is 1.97. The first-order valence-corrected chi connectivity index (χ1v) is 3.50. The Kier molecular flexibility index (Phi) is 1.62. The van der Waals surface area contributed by atoms with Gasteiger partial charge in [0.1, 0.15) is 5.01 Å². The van der Waals surface area contributed by atoms with E-state index in [0.717, 1.165) is 9.88 Å². The smallest absolute Gasteiger partial charge is 0.136 e. The molecule has 9 heavy (non-hydrogen) atoms. The molecule has 0 saturated carbocycles. The van der Waals surface area contributed by atoms with Crippen molar-refractivity contribution < 1.29 is 0 Å². The van der Waals surface area contributed by atoms with Crippen molar-refractivity contribution in [1.82, 2.24) is 4.98 Å². The van der Waals surface area contributed by atoms with Crippen LogP contribution in [-0.4, -0.2) is 10.7 Å². The molecule has 0 fully saturated rings. The van der Waals surface area contributed by atoms with Gasteiger partial charge in [-0.1, -0.05) is 0 Å². The zero-order valence-electron chi connectivity index (χ0n) is 5.43. The van der Waals surface area contributed by atoms with E-state index < -0.39 is 0 Å². The van der Waals surface area contributed by atoms with Crippen LogP contribution in [0.1, 0.15) is 16.8 Å². The van der Waals surface area contributed by atoms with E-state index in [0.29, 0.717) is 5.71 Å². The molecule has 0 radical (unpaired) electrons. The van der Waals surface area contributed by atoms with Gasteiger partial charge in [0, 0.05) is 11.1 Å². The van der Waals surface area contributed by atoms with Gasteiger partial charge in [0.15, 0.2) is 0 Å². The van der Waals surface area contributed by atoms with Crippen LogP contribution in [0.2, 0.25) is 0 Å². The summed E-state index contributed by atoms with van der Waals surface area (Å²) in [5, 5.41) is 8.02. The normalized spacial score (nSPS) is 9.56. The van der Waals surface area contributed by atoms with E-state index in [1.807, 2.05) is 6.92 Å². The number of hydrogen-bond donors (Lipinski definition) is 1. The fraction of sp³-hybridized carbons (Fsp3) is 0.333. The first-order valence-electron chi connectivity index (χ1n) is 2.68. The van der Waals surface area contributed by atoms with Crippen molar-refractivity contribution in [3.05, 3.63) is 16.1 Å². The highest BCUT2D eigenvalue weighted by molar-refractivity contribution is 7.13. The molecule has 1 N–H and O–H groups in total. The van der Waals surface area contributed by atoms with Crippen LogP contribution in [0.4, 0.5) is 0 Å². The Morgan fingerprint density at radius 1 is 1.78 bits per heavy atom. The maximum atomic E-state index is 7.20. The van der Waals surface area contributed by atoms with Crippen LogP contribution in [0.3, 0.4) is 0 Å². The molecule has 0 aliphatic rings. The third-order valence-electron chi connectivity index (χ3n) is 0.942. The van der Waals surface area contributed by atoms with Crippen molar-refractivity contribution in [1.29, 1.82) is 5.41 Å². The number of nitrogens with one attached hydrogen (secondary N) is 1. The van der Waals surface area contributed by atoms with Gasteiger partial charge in [0.05, 0.1) is 5.71 Å². The molecule has 2 nitrogen and oxygen atoms in total. The molecule has 0 spiro atoms. The molecule has 0 atom stereocenters. The summed E-state index contributed by atoms with van der Waals surface area (Å²) in [6.07, 6.45) is 1.79. The molecule has 3 heteroatoms. The minimum absolute atomic E-state index is 0.549. The van der Waals surface area contributed by atoms with E-state index in [-0.39, 0.29) is 0 Å². The summed E-state index contributed by atoms with van der Waals surface area (Å²) in [5.41, 5.74) is 0.549. The van der Waals surface area contributed by atoms with Crippen LogP contribution in [0.5, 0.6) is 0 Å². The van der Waals surface area contributed by atoms with Crippen molar-refractivity contribution in [2.24, 2.45) is 0 Å². The summed E-state index contributed by atoms with van der Waals surface area (Å²) < 4.78 is 0. The summed E-state index contributed by atoms with van der Waals surface area (Å²) in [6.45, 7) is 3.74. The first-order chi connectivity index (χ1) is 4.20. The lowest BCUT2D eigenvalue weighted by Gasteiger charge is -1.83. The Morgan fingerprint density at radius 2 is 2.44 bits per heavy atom. The van der Waals surface area contributed by atoms with Crippen molar-refractivity contribution in [2.75, 3.05) is 0 Å². The third-order valence-corrected chi connectivity index (χ3v) is 1.97. The van der Waals surface area contributed by atoms with Crippen LogP contribution in [-0.2, 0) is 0 Å². The van der Waals surface area contributed by atoms with Crippen LogP contribution >= 0.6 is 11.3 Å². The molecule has 0 bridgehead atoms. The Hall–Kier alpha value is -0.700. The average Bonchev–Trinajstić information content (AvgIpc) is 2.14. The van der Waals surface area contributed by atoms with Crippen LogP contribution < -0.4 is 0 Å². The van der Waals surface area contributed by atoms with E-state index in [9.17, 15) is 0 Å². The summed E-state index contributed by atoms with van der Waals surface area (Å²) in [4.78, 5) is 5.17. The van der Waals surface area contributed by atoms with E-state index in [2.05, 4.69) is 4.98 Å². The van der Waals surface area contributed by atoms with Crippen LogP contribution in [0.15, 0.2) is 6.20 Å². The highest BCUT2D eigenvalue weighted by atomic mass is 32.1. The summed E-state index contributed by atoms with van der Waals surface area (Å²) in [5.74, 6) is 0. The molecule has 1 rings (SSSR count). The van der Waals surface area contributed by atoms with Crippen molar-refractivity contribution in [3.63, 3.8) is 0 Å². The van der Waals surface area contributed by atoms with E-state index in [1.165, 1.54) is 0 Å². The van der Waals surface area contributed by atoms with Gasteiger partial charge in [-0.15, -0.1) is 11.3 Å². The van der Waals surface area contributed by atoms with Crippen molar-refractivity contribution >= 4 is 17.0 Å². The number of nitrogens with zero attached hydrogens (tertiary/aromatic N) is 1. The Bertz CT molecular complexity index is 227. The molecular weight excluding hydrogens is 132 g/mol. The molecule has 1 heterocycles. The molecule has 48 valence electrons. The fourth-order valence-electron chi connectivity index (χ4n) is 0.528. The number of rotatable bonds is 1. The SMILES string of the molecule is CC(=N)c1ncc(C)s1. The molecule has 1 aromatic heterocycles. The lowest BCUT2D eigenvalue weighted by Crippen LogP contribution is -1.87. The van der Waals surface area contributed by atoms with E-state index in [1.54, 1.807) is 24.5 Å². The Labute approximate surface area is 58.1 Å². The second-order valence-electron chi connectivity index (χ2n) is 1.90. The Morgan fingerprint density at radius 3 is 2.67 bits per heavy atom. The highest BCUT2D eigenvalue weighted by Crippen LogP contribution is 2.10. The minimum Gasteiger partial charge on any atom is -0.302 e. The van der Waals surface area contributed by atoms with E-state index >= 15 is 0 Å². The van der Waals surface area contributed by atoms with Gasteiger partial charge in [-0.25, -0.2) is 4.98 Å². The zero-order chi connectivity index (χ0) is 6.85. The average molecular weight is 140 g/mol. The van der Waals surface area contributed by atoms with Crippen LogP contribution in [0, 0.1) is 12.3 Å². The maximum absolute atomic E-state index is 7.20. The van der Waals surface area contributed by atoms with Crippen LogP contribution in [0.25, 0.3) is 0 Å². The predicted molar refractivity (Wildman–Crippen MR) is 39.4 cm³/mol. The molecule has 0 saturated heterocycles. The third kappa shape index (κ3) is 1.36. The standard InChI is InChI=1S/C6H8N2S/c1-4-3-8-6(9-4)5(2)7/h3,7H,1-2H3. The molecule has 0 unspecified atom stereocenters. The lowest BCUT2D eigenvalue weighted by atomic mass is 10.5. The molecule has 1 aromatic rings. The number of thiazole rings is 1. The van der Waals surface area contributed by atoms with Gasteiger partial charge < -0.3 is 5.41 Å². The summed E-state index contributed by atoms with van der Waals surface area (Å²) >= 11 is 1.56. The van der Waals surface area contributed by atoms with Gasteiger partial charge in [-0.05, 0) is 13.8 Å². The van der Waals surface area contributed by atoms with Gasteiger partial charge >= 0.3 is 0 Å². The Balaban J connectivity index is 2.98. The zero-order valence-corrected chi connectivity index (χ0v) is 6.25. The van der Waals surface area contributed by atoms with Gasteiger partial charge in [0.2, 0.25) is 0 Å². The van der Waals surface area contributed by atoms with Gasteiger partial charge in [-0.3, -0.25) is 0 Å².